The molecule has 0 saturated heterocycles. The van der Waals surface area contributed by atoms with Gasteiger partial charge >= 0.3 is 11.9 Å². The second kappa shape index (κ2) is 28.7. The minimum absolute atomic E-state index is 0.173. The number of hydrogen-bond donors (Lipinski definition) is 0. The van der Waals surface area contributed by atoms with E-state index in [1.54, 1.807) is 0 Å². The van der Waals surface area contributed by atoms with Gasteiger partial charge in [-0.05, 0) is 51.9 Å². The lowest BCUT2D eigenvalue weighted by molar-refractivity contribution is -0.152. The van der Waals surface area contributed by atoms with Crippen molar-refractivity contribution in [2.75, 3.05) is 13.2 Å². The van der Waals surface area contributed by atoms with Crippen LogP contribution >= 0.6 is 0 Å². The summed E-state index contributed by atoms with van der Waals surface area (Å²) >= 11 is 0. The molecule has 4 heteroatoms. The van der Waals surface area contributed by atoms with Gasteiger partial charge in [-0.1, -0.05) is 108 Å². The van der Waals surface area contributed by atoms with E-state index >= 15 is 0 Å². The molecule has 4 nitrogen and oxygen atoms in total. The molecule has 0 aromatic rings. The molecule has 0 aromatic heterocycles. The first-order valence-corrected chi connectivity index (χ1v) is 14.8. The third-order valence-electron chi connectivity index (χ3n) is 6.25. The third-order valence-corrected chi connectivity index (χ3v) is 6.25. The van der Waals surface area contributed by atoms with Crippen LogP contribution in [0.15, 0.2) is 24.3 Å². The van der Waals surface area contributed by atoms with Crippen LogP contribution in [0.2, 0.25) is 0 Å². The van der Waals surface area contributed by atoms with Crippen LogP contribution in [0.3, 0.4) is 0 Å². The van der Waals surface area contributed by atoms with Gasteiger partial charge in [0.25, 0.3) is 0 Å². The normalized spacial score (nSPS) is 11.5. The lowest BCUT2D eigenvalue weighted by Crippen LogP contribution is -2.13. The van der Waals surface area contributed by atoms with Crippen molar-refractivity contribution in [3.8, 4) is 0 Å². The predicted octanol–water partition coefficient (Wildman–Crippen LogP) is 9.42. The number of carbonyl (C=O) groups is 2. The van der Waals surface area contributed by atoms with Crippen LogP contribution < -0.4 is 0 Å². The summed E-state index contributed by atoms with van der Waals surface area (Å²) in [6.45, 7) is 4.59. The summed E-state index contributed by atoms with van der Waals surface area (Å²) in [5.41, 5.74) is 0. The Balaban J connectivity index is 3.31. The van der Waals surface area contributed by atoms with Crippen LogP contribution in [-0.4, -0.2) is 25.2 Å². The second-order valence-corrected chi connectivity index (χ2v) is 9.62. The number of hydrogen-bond acceptors (Lipinski definition) is 4. The summed E-state index contributed by atoms with van der Waals surface area (Å²) in [7, 11) is 0. The standard InChI is InChI=1S/C31H56O4/c1-3-5-7-9-11-13-15-17-19-21-23-25-27-31(33)35-29-28-34-30(32)26-24-22-20-18-16-14-12-10-8-6-4-2/h4-7H,3,8-29H2,1-2H3/b6-4+,7-5+. The molecule has 0 bridgehead atoms. The Morgan fingerprint density at radius 2 is 0.886 bits per heavy atom. The van der Waals surface area contributed by atoms with Crippen molar-refractivity contribution in [3.63, 3.8) is 0 Å². The third kappa shape index (κ3) is 28.5. The topological polar surface area (TPSA) is 52.6 Å². The zero-order valence-electron chi connectivity index (χ0n) is 23.2. The van der Waals surface area contributed by atoms with E-state index in [1.807, 2.05) is 0 Å². The number of ether oxygens (including phenoxy) is 2. The molecule has 0 aliphatic heterocycles. The zero-order valence-corrected chi connectivity index (χ0v) is 23.2. The number of unbranched alkanes of at least 4 members (excludes halogenated alkanes) is 16. The summed E-state index contributed by atoms with van der Waals surface area (Å²) in [5, 5.41) is 0. The van der Waals surface area contributed by atoms with E-state index in [0.29, 0.717) is 12.8 Å². The first kappa shape index (κ1) is 33.4. The maximum absolute atomic E-state index is 11.8. The van der Waals surface area contributed by atoms with E-state index < -0.39 is 0 Å². The van der Waals surface area contributed by atoms with Gasteiger partial charge in [0, 0.05) is 12.8 Å². The van der Waals surface area contributed by atoms with Gasteiger partial charge in [0.15, 0.2) is 0 Å². The molecule has 35 heavy (non-hydrogen) atoms. The van der Waals surface area contributed by atoms with Crippen molar-refractivity contribution >= 4 is 11.9 Å². The van der Waals surface area contributed by atoms with E-state index in [0.717, 1.165) is 32.1 Å². The lowest BCUT2D eigenvalue weighted by Gasteiger charge is -2.07. The Hall–Kier alpha value is -1.58. The van der Waals surface area contributed by atoms with E-state index in [2.05, 4.69) is 38.2 Å². The van der Waals surface area contributed by atoms with Gasteiger partial charge in [0.05, 0.1) is 0 Å². The second-order valence-electron chi connectivity index (χ2n) is 9.62. The molecule has 0 rings (SSSR count). The van der Waals surface area contributed by atoms with Crippen molar-refractivity contribution in [1.82, 2.24) is 0 Å². The highest BCUT2D eigenvalue weighted by Crippen LogP contribution is 2.12. The summed E-state index contributed by atoms with van der Waals surface area (Å²) in [6, 6.07) is 0. The summed E-state index contributed by atoms with van der Waals surface area (Å²) in [6.07, 6.45) is 32.7. The fourth-order valence-electron chi connectivity index (χ4n) is 4.09. The number of rotatable bonds is 26. The largest absolute Gasteiger partial charge is 0.462 e. The van der Waals surface area contributed by atoms with Crippen molar-refractivity contribution < 1.29 is 19.1 Å². The molecule has 0 N–H and O–H groups in total. The summed E-state index contributed by atoms with van der Waals surface area (Å²) in [4.78, 5) is 23.6. The summed E-state index contributed by atoms with van der Waals surface area (Å²) in [5.74, 6) is -0.356. The van der Waals surface area contributed by atoms with Gasteiger partial charge in [-0.15, -0.1) is 0 Å². The number of carbonyl (C=O) groups excluding carboxylic acids is 2. The first-order chi connectivity index (χ1) is 17.2. The van der Waals surface area contributed by atoms with Gasteiger partial charge in [-0.2, -0.15) is 0 Å². The van der Waals surface area contributed by atoms with Crippen molar-refractivity contribution in [2.24, 2.45) is 0 Å². The molecule has 0 atom stereocenters. The Bertz CT molecular complexity index is 524. The van der Waals surface area contributed by atoms with Crippen LogP contribution in [0.5, 0.6) is 0 Å². The Labute approximate surface area is 217 Å². The van der Waals surface area contributed by atoms with Crippen molar-refractivity contribution in [3.05, 3.63) is 24.3 Å². The minimum Gasteiger partial charge on any atom is -0.462 e. The fraction of sp³-hybridized carbons (Fsp3) is 0.806. The van der Waals surface area contributed by atoms with E-state index in [1.165, 1.54) is 89.9 Å². The molecule has 0 heterocycles. The monoisotopic (exact) mass is 492 g/mol. The summed E-state index contributed by atoms with van der Waals surface area (Å²) < 4.78 is 10.4. The molecule has 0 aliphatic rings. The molecule has 0 radical (unpaired) electrons. The fourth-order valence-corrected chi connectivity index (χ4v) is 4.09. The van der Waals surface area contributed by atoms with Crippen molar-refractivity contribution in [1.29, 1.82) is 0 Å². The Morgan fingerprint density at radius 1 is 0.514 bits per heavy atom. The number of esters is 2. The molecular formula is C31H56O4. The molecule has 204 valence electrons. The molecule has 0 aliphatic carbocycles. The Morgan fingerprint density at radius 3 is 1.29 bits per heavy atom. The molecule has 0 unspecified atom stereocenters. The van der Waals surface area contributed by atoms with E-state index in [-0.39, 0.29) is 25.2 Å². The van der Waals surface area contributed by atoms with Crippen LogP contribution in [0.1, 0.15) is 149 Å². The number of allylic oxidation sites excluding steroid dienone is 4. The van der Waals surface area contributed by atoms with Crippen LogP contribution in [0, 0.1) is 0 Å². The average Bonchev–Trinajstić information content (AvgIpc) is 2.86. The van der Waals surface area contributed by atoms with E-state index in [9.17, 15) is 9.59 Å². The quantitative estimate of drug-likeness (QED) is 0.0685. The van der Waals surface area contributed by atoms with Gasteiger partial charge < -0.3 is 9.47 Å². The van der Waals surface area contributed by atoms with Crippen LogP contribution in [0.4, 0.5) is 0 Å². The van der Waals surface area contributed by atoms with E-state index in [4.69, 9.17) is 9.47 Å². The smallest absolute Gasteiger partial charge is 0.305 e. The minimum atomic E-state index is -0.178. The SMILES string of the molecule is C/C=C/CCCCCCCCCCC(=O)OCCOC(=O)CCCCCCCCCC/C=C/CC. The highest BCUT2D eigenvalue weighted by atomic mass is 16.6. The van der Waals surface area contributed by atoms with Gasteiger partial charge in [0.2, 0.25) is 0 Å². The molecule has 0 amide bonds. The Kier molecular flexibility index (Phi) is 27.4. The molecule has 0 spiro atoms. The maximum Gasteiger partial charge on any atom is 0.305 e. The lowest BCUT2D eigenvalue weighted by atomic mass is 10.1. The van der Waals surface area contributed by atoms with Gasteiger partial charge in [0.1, 0.15) is 13.2 Å². The average molecular weight is 493 g/mol. The van der Waals surface area contributed by atoms with Gasteiger partial charge in [-0.3, -0.25) is 9.59 Å². The highest BCUT2D eigenvalue weighted by molar-refractivity contribution is 5.70. The first-order valence-electron chi connectivity index (χ1n) is 14.8. The molecular weight excluding hydrogens is 436 g/mol. The molecule has 0 fully saturated rings. The maximum atomic E-state index is 11.8. The van der Waals surface area contributed by atoms with Crippen molar-refractivity contribution in [2.45, 2.75) is 149 Å². The molecule has 0 aromatic carbocycles. The zero-order chi connectivity index (χ0) is 25.7. The predicted molar refractivity (Wildman–Crippen MR) is 149 cm³/mol. The van der Waals surface area contributed by atoms with Crippen LogP contribution in [-0.2, 0) is 19.1 Å². The van der Waals surface area contributed by atoms with Gasteiger partial charge in [-0.25, -0.2) is 0 Å². The van der Waals surface area contributed by atoms with Crippen LogP contribution in [0.25, 0.3) is 0 Å². The highest BCUT2D eigenvalue weighted by Gasteiger charge is 2.05. The molecule has 0 saturated carbocycles.